The van der Waals surface area contributed by atoms with Gasteiger partial charge in [0, 0.05) is 10.4 Å². The number of hydrogen-bond donors (Lipinski definition) is 2. The highest BCUT2D eigenvalue weighted by molar-refractivity contribution is 7.10. The van der Waals surface area contributed by atoms with E-state index in [9.17, 15) is 9.18 Å². The molecule has 0 bridgehead atoms. The zero-order valence-electron chi connectivity index (χ0n) is 10.7. The first-order chi connectivity index (χ1) is 8.99. The predicted octanol–water partition coefficient (Wildman–Crippen LogP) is 3.47. The fourth-order valence-electron chi connectivity index (χ4n) is 1.92. The molecule has 3 N–H and O–H groups in total. The van der Waals surface area contributed by atoms with Crippen LogP contribution in [-0.4, -0.2) is 5.91 Å². The van der Waals surface area contributed by atoms with Crippen molar-refractivity contribution in [3.63, 3.8) is 0 Å². The van der Waals surface area contributed by atoms with Crippen LogP contribution in [0.25, 0.3) is 0 Å². The molecule has 0 fully saturated rings. The van der Waals surface area contributed by atoms with Gasteiger partial charge in [-0.25, -0.2) is 4.39 Å². The average Bonchev–Trinajstić information content (AvgIpc) is 2.78. The second kappa shape index (κ2) is 5.40. The van der Waals surface area contributed by atoms with E-state index >= 15 is 0 Å². The number of hydrogen-bond acceptors (Lipinski definition) is 3. The van der Waals surface area contributed by atoms with E-state index in [1.807, 2.05) is 25.3 Å². The number of halogens is 1. The molecule has 0 saturated heterocycles. The van der Waals surface area contributed by atoms with Crippen molar-refractivity contribution >= 4 is 22.9 Å². The van der Waals surface area contributed by atoms with Gasteiger partial charge < -0.3 is 11.1 Å². The molecule has 5 heteroatoms. The van der Waals surface area contributed by atoms with Gasteiger partial charge in [-0.3, -0.25) is 4.79 Å². The van der Waals surface area contributed by atoms with E-state index in [2.05, 4.69) is 5.32 Å². The molecule has 1 aromatic heterocycles. The summed E-state index contributed by atoms with van der Waals surface area (Å²) < 4.78 is 13.7. The maximum Gasteiger partial charge on any atom is 0.248 e. The van der Waals surface area contributed by atoms with Gasteiger partial charge in [-0.05, 0) is 49.1 Å². The lowest BCUT2D eigenvalue weighted by Gasteiger charge is -2.16. The van der Waals surface area contributed by atoms with Crippen molar-refractivity contribution in [3.8, 4) is 0 Å². The molecule has 1 aromatic carbocycles. The molecule has 0 saturated carbocycles. The van der Waals surface area contributed by atoms with Gasteiger partial charge in [0.15, 0.2) is 0 Å². The summed E-state index contributed by atoms with van der Waals surface area (Å²) in [6.45, 7) is 3.97. The molecule has 19 heavy (non-hydrogen) atoms. The fraction of sp³-hybridized carbons (Fsp3) is 0.214. The Labute approximate surface area is 115 Å². The largest absolute Gasteiger partial charge is 0.375 e. The van der Waals surface area contributed by atoms with E-state index in [0.29, 0.717) is 5.56 Å². The lowest BCUT2D eigenvalue weighted by Crippen LogP contribution is -2.13. The van der Waals surface area contributed by atoms with E-state index in [4.69, 9.17) is 5.73 Å². The van der Waals surface area contributed by atoms with Crippen LogP contribution >= 0.6 is 11.3 Å². The lowest BCUT2D eigenvalue weighted by atomic mass is 10.1. The Kier molecular flexibility index (Phi) is 3.85. The van der Waals surface area contributed by atoms with Crippen LogP contribution in [0.1, 0.15) is 33.8 Å². The number of carbonyl (C=O) groups excluding carboxylic acids is 1. The molecule has 3 nitrogen and oxygen atoms in total. The van der Waals surface area contributed by atoms with E-state index in [-0.39, 0.29) is 11.7 Å². The molecule has 0 aliphatic carbocycles. The summed E-state index contributed by atoms with van der Waals surface area (Å²) in [5, 5.41) is 5.08. The lowest BCUT2D eigenvalue weighted by molar-refractivity contribution is 0.100. The van der Waals surface area contributed by atoms with Crippen molar-refractivity contribution in [2.45, 2.75) is 19.9 Å². The van der Waals surface area contributed by atoms with Crippen LogP contribution in [0.5, 0.6) is 0 Å². The first kappa shape index (κ1) is 13.5. The summed E-state index contributed by atoms with van der Waals surface area (Å²) in [6, 6.07) is 6.06. The SMILES string of the molecule is Cc1ccsc1C(C)Nc1cc(C(N)=O)ccc1F. The number of anilines is 1. The third-order valence-electron chi connectivity index (χ3n) is 2.92. The third-order valence-corrected chi connectivity index (χ3v) is 4.12. The topological polar surface area (TPSA) is 55.1 Å². The quantitative estimate of drug-likeness (QED) is 0.899. The van der Waals surface area contributed by atoms with Gasteiger partial charge in [-0.1, -0.05) is 0 Å². The van der Waals surface area contributed by atoms with Crippen LogP contribution in [0.3, 0.4) is 0 Å². The Morgan fingerprint density at radius 1 is 1.42 bits per heavy atom. The number of primary amides is 1. The van der Waals surface area contributed by atoms with Gasteiger partial charge in [-0.2, -0.15) is 0 Å². The van der Waals surface area contributed by atoms with Gasteiger partial charge in [0.1, 0.15) is 5.82 Å². The molecule has 100 valence electrons. The number of aryl methyl sites for hydroxylation is 1. The number of thiophene rings is 1. The molecule has 2 rings (SSSR count). The summed E-state index contributed by atoms with van der Waals surface area (Å²) in [5.41, 5.74) is 6.94. The van der Waals surface area contributed by atoms with Crippen molar-refractivity contribution in [2.75, 3.05) is 5.32 Å². The number of amides is 1. The summed E-state index contributed by atoms with van der Waals surface area (Å²) >= 11 is 1.62. The minimum atomic E-state index is -0.567. The molecule has 0 spiro atoms. The van der Waals surface area contributed by atoms with Gasteiger partial charge in [-0.15, -0.1) is 11.3 Å². The van der Waals surface area contributed by atoms with E-state index in [0.717, 1.165) is 10.4 Å². The Hall–Kier alpha value is -1.88. The van der Waals surface area contributed by atoms with Crippen LogP contribution in [-0.2, 0) is 0 Å². The number of nitrogens with one attached hydrogen (secondary N) is 1. The van der Waals surface area contributed by atoms with Crippen molar-refractivity contribution in [1.29, 1.82) is 0 Å². The molecule has 0 aliphatic heterocycles. The Morgan fingerprint density at radius 2 is 2.16 bits per heavy atom. The van der Waals surface area contributed by atoms with Crippen molar-refractivity contribution in [2.24, 2.45) is 5.73 Å². The number of benzene rings is 1. The first-order valence-corrected chi connectivity index (χ1v) is 6.77. The molecule has 1 amide bonds. The van der Waals surface area contributed by atoms with Crippen LogP contribution in [0.4, 0.5) is 10.1 Å². The van der Waals surface area contributed by atoms with E-state index in [1.54, 1.807) is 11.3 Å². The molecular weight excluding hydrogens is 263 g/mol. The van der Waals surface area contributed by atoms with Crippen molar-refractivity contribution < 1.29 is 9.18 Å². The highest BCUT2D eigenvalue weighted by atomic mass is 32.1. The smallest absolute Gasteiger partial charge is 0.248 e. The summed E-state index contributed by atoms with van der Waals surface area (Å²) in [5.74, 6) is -0.964. The van der Waals surface area contributed by atoms with Crippen LogP contribution in [0, 0.1) is 12.7 Å². The fourth-order valence-corrected chi connectivity index (χ4v) is 2.85. The van der Waals surface area contributed by atoms with Gasteiger partial charge >= 0.3 is 0 Å². The summed E-state index contributed by atoms with van der Waals surface area (Å²) in [7, 11) is 0. The number of rotatable bonds is 4. The predicted molar refractivity (Wildman–Crippen MR) is 76.0 cm³/mol. The molecule has 1 heterocycles. The van der Waals surface area contributed by atoms with E-state index < -0.39 is 11.7 Å². The van der Waals surface area contributed by atoms with Crippen molar-refractivity contribution in [1.82, 2.24) is 0 Å². The number of carbonyl (C=O) groups is 1. The first-order valence-electron chi connectivity index (χ1n) is 5.89. The Morgan fingerprint density at radius 3 is 2.74 bits per heavy atom. The van der Waals surface area contributed by atoms with Gasteiger partial charge in [0.25, 0.3) is 0 Å². The standard InChI is InChI=1S/C14H15FN2OS/c1-8-5-6-19-13(8)9(2)17-12-7-10(14(16)18)3-4-11(12)15/h3-7,9,17H,1-2H3,(H2,16,18). The van der Waals surface area contributed by atoms with Gasteiger partial charge in [0.05, 0.1) is 11.7 Å². The maximum absolute atomic E-state index is 13.7. The minimum absolute atomic E-state index is 0.0300. The molecule has 0 aliphatic rings. The second-order valence-corrected chi connectivity index (χ2v) is 5.34. The molecule has 1 unspecified atom stereocenters. The summed E-state index contributed by atoms with van der Waals surface area (Å²) in [6.07, 6.45) is 0. The van der Waals surface area contributed by atoms with E-state index in [1.165, 1.54) is 18.2 Å². The zero-order valence-corrected chi connectivity index (χ0v) is 11.6. The molecule has 2 aromatic rings. The Bertz CT molecular complexity index is 609. The molecule has 0 radical (unpaired) electrons. The maximum atomic E-state index is 13.7. The van der Waals surface area contributed by atoms with Crippen LogP contribution in [0.2, 0.25) is 0 Å². The monoisotopic (exact) mass is 278 g/mol. The minimum Gasteiger partial charge on any atom is -0.375 e. The average molecular weight is 278 g/mol. The highest BCUT2D eigenvalue weighted by Gasteiger charge is 2.13. The Balaban J connectivity index is 2.26. The zero-order chi connectivity index (χ0) is 14.0. The summed E-state index contributed by atoms with van der Waals surface area (Å²) in [4.78, 5) is 12.2. The second-order valence-electron chi connectivity index (χ2n) is 4.39. The molecular formula is C14H15FN2OS. The molecule has 1 atom stereocenters. The highest BCUT2D eigenvalue weighted by Crippen LogP contribution is 2.28. The number of nitrogens with two attached hydrogens (primary N) is 1. The van der Waals surface area contributed by atoms with Crippen LogP contribution < -0.4 is 11.1 Å². The van der Waals surface area contributed by atoms with Gasteiger partial charge in [0.2, 0.25) is 5.91 Å². The van der Waals surface area contributed by atoms with Crippen LogP contribution in [0.15, 0.2) is 29.6 Å². The third kappa shape index (κ3) is 2.93. The normalized spacial score (nSPS) is 12.2. The van der Waals surface area contributed by atoms with Crippen molar-refractivity contribution in [3.05, 3.63) is 51.5 Å².